The maximum atomic E-state index is 11.4. The Hall–Kier alpha value is -1.84. The van der Waals surface area contributed by atoms with Crippen molar-refractivity contribution in [2.45, 2.75) is 39.5 Å². The van der Waals surface area contributed by atoms with E-state index in [2.05, 4.69) is 19.1 Å². The summed E-state index contributed by atoms with van der Waals surface area (Å²) in [5.74, 6) is -0.480. The number of esters is 2. The first-order valence-corrected chi connectivity index (χ1v) is 7.19. The number of carbonyl (C=O) groups excluding carboxylic acids is 2. The van der Waals surface area contributed by atoms with Crippen LogP contribution in [0.25, 0.3) is 0 Å². The van der Waals surface area contributed by atoms with E-state index in [9.17, 15) is 9.59 Å². The molecule has 0 aliphatic carbocycles. The van der Waals surface area contributed by atoms with Crippen LogP contribution in [0.1, 0.15) is 38.7 Å². The van der Waals surface area contributed by atoms with Crippen LogP contribution in [0.5, 0.6) is 0 Å². The van der Waals surface area contributed by atoms with Gasteiger partial charge in [0.15, 0.2) is 0 Å². The maximum absolute atomic E-state index is 11.4. The van der Waals surface area contributed by atoms with Crippen molar-refractivity contribution in [2.24, 2.45) is 5.41 Å². The molecule has 0 bridgehead atoms. The number of methoxy groups -OCH3 is 1. The molecule has 0 amide bonds. The molecule has 21 heavy (non-hydrogen) atoms. The van der Waals surface area contributed by atoms with E-state index in [1.165, 1.54) is 19.6 Å². The molecule has 0 spiro atoms. The van der Waals surface area contributed by atoms with Crippen molar-refractivity contribution in [3.8, 4) is 0 Å². The molecule has 0 aromatic heterocycles. The molecule has 1 unspecified atom stereocenters. The molecule has 4 heteroatoms. The van der Waals surface area contributed by atoms with Gasteiger partial charge in [0, 0.05) is 13.3 Å². The van der Waals surface area contributed by atoms with Gasteiger partial charge in [0.1, 0.15) is 0 Å². The van der Waals surface area contributed by atoms with Crippen LogP contribution in [0.3, 0.4) is 0 Å². The Balaban J connectivity index is 2.67. The second-order valence-corrected chi connectivity index (χ2v) is 5.64. The molecule has 0 radical (unpaired) electrons. The summed E-state index contributed by atoms with van der Waals surface area (Å²) in [6.07, 6.45) is 2.64. The minimum Gasteiger partial charge on any atom is -0.469 e. The normalized spacial score (nSPS) is 13.3. The van der Waals surface area contributed by atoms with Gasteiger partial charge in [-0.15, -0.1) is 0 Å². The number of rotatable bonds is 8. The quantitative estimate of drug-likeness (QED) is 0.691. The van der Waals surface area contributed by atoms with Gasteiger partial charge in [0.05, 0.1) is 13.7 Å². The molecule has 1 aromatic carbocycles. The Kier molecular flexibility index (Phi) is 6.92. The van der Waals surface area contributed by atoms with Gasteiger partial charge >= 0.3 is 11.9 Å². The lowest BCUT2D eigenvalue weighted by Gasteiger charge is -2.29. The van der Waals surface area contributed by atoms with Gasteiger partial charge in [0.25, 0.3) is 0 Å². The fourth-order valence-electron chi connectivity index (χ4n) is 2.34. The predicted octanol–water partition coefficient (Wildman–Crippen LogP) is 3.14. The lowest BCUT2D eigenvalue weighted by atomic mass is 9.77. The summed E-state index contributed by atoms with van der Waals surface area (Å²) >= 11 is 0. The van der Waals surface area contributed by atoms with Crippen LogP contribution in [0.2, 0.25) is 0 Å². The fraction of sp³-hybridized carbons (Fsp3) is 0.529. The number of hydrogen-bond donors (Lipinski definition) is 0. The maximum Gasteiger partial charge on any atom is 0.305 e. The van der Waals surface area contributed by atoms with Crippen LogP contribution in [0.15, 0.2) is 30.3 Å². The highest BCUT2D eigenvalue weighted by atomic mass is 16.5. The van der Waals surface area contributed by atoms with E-state index in [1.807, 2.05) is 18.2 Å². The van der Waals surface area contributed by atoms with Crippen molar-refractivity contribution in [3.05, 3.63) is 35.9 Å². The Morgan fingerprint density at radius 3 is 2.38 bits per heavy atom. The van der Waals surface area contributed by atoms with Crippen LogP contribution in [-0.4, -0.2) is 25.7 Å². The largest absolute Gasteiger partial charge is 0.469 e. The minimum atomic E-state index is -0.273. The van der Waals surface area contributed by atoms with Crippen LogP contribution in [-0.2, 0) is 25.5 Å². The van der Waals surface area contributed by atoms with Gasteiger partial charge in [-0.2, -0.15) is 0 Å². The van der Waals surface area contributed by atoms with Crippen molar-refractivity contribution in [1.82, 2.24) is 0 Å². The molecular weight excluding hydrogens is 268 g/mol. The molecule has 0 heterocycles. The van der Waals surface area contributed by atoms with Crippen LogP contribution in [0, 0.1) is 5.41 Å². The summed E-state index contributed by atoms with van der Waals surface area (Å²) in [7, 11) is 1.40. The van der Waals surface area contributed by atoms with Gasteiger partial charge in [0.2, 0.25) is 0 Å². The Morgan fingerprint density at radius 2 is 1.81 bits per heavy atom. The van der Waals surface area contributed by atoms with Gasteiger partial charge in [-0.05, 0) is 30.2 Å². The molecule has 116 valence electrons. The van der Waals surface area contributed by atoms with E-state index >= 15 is 0 Å². The second kappa shape index (κ2) is 8.45. The summed E-state index contributed by atoms with van der Waals surface area (Å²) in [6.45, 7) is 3.90. The Labute approximate surface area is 126 Å². The van der Waals surface area contributed by atoms with E-state index in [1.54, 1.807) is 0 Å². The lowest BCUT2D eigenvalue weighted by Crippen LogP contribution is -2.24. The second-order valence-electron chi connectivity index (χ2n) is 5.64. The van der Waals surface area contributed by atoms with E-state index in [4.69, 9.17) is 9.47 Å². The average Bonchev–Trinajstić information content (AvgIpc) is 2.45. The van der Waals surface area contributed by atoms with Gasteiger partial charge < -0.3 is 9.47 Å². The fourth-order valence-corrected chi connectivity index (χ4v) is 2.34. The lowest BCUT2D eigenvalue weighted by molar-refractivity contribution is -0.143. The van der Waals surface area contributed by atoms with Crippen molar-refractivity contribution in [2.75, 3.05) is 13.7 Å². The predicted molar refractivity (Wildman–Crippen MR) is 80.8 cm³/mol. The summed E-state index contributed by atoms with van der Waals surface area (Å²) in [4.78, 5) is 22.3. The van der Waals surface area contributed by atoms with Gasteiger partial charge in [-0.3, -0.25) is 9.59 Å². The zero-order valence-electron chi connectivity index (χ0n) is 13.1. The van der Waals surface area contributed by atoms with E-state index < -0.39 is 0 Å². The molecule has 0 aliphatic rings. The van der Waals surface area contributed by atoms with Crippen molar-refractivity contribution in [3.63, 3.8) is 0 Å². The van der Waals surface area contributed by atoms with E-state index in [-0.39, 0.29) is 17.4 Å². The number of carbonyl (C=O) groups is 2. The molecule has 0 aliphatic heterocycles. The molecule has 0 fully saturated rings. The highest BCUT2D eigenvalue weighted by Gasteiger charge is 2.26. The molecule has 4 nitrogen and oxygen atoms in total. The number of ether oxygens (including phenoxy) is 2. The third kappa shape index (κ3) is 6.93. The van der Waals surface area contributed by atoms with Crippen LogP contribution in [0.4, 0.5) is 0 Å². The number of benzene rings is 1. The number of hydrogen-bond acceptors (Lipinski definition) is 4. The first-order valence-electron chi connectivity index (χ1n) is 7.19. The highest BCUT2D eigenvalue weighted by molar-refractivity contribution is 5.69. The van der Waals surface area contributed by atoms with E-state index in [0.717, 1.165) is 12.8 Å². The van der Waals surface area contributed by atoms with Crippen molar-refractivity contribution in [1.29, 1.82) is 0 Å². The molecule has 0 saturated heterocycles. The molecule has 0 N–H and O–H groups in total. The topological polar surface area (TPSA) is 52.6 Å². The molecular formula is C17H24O4. The molecule has 1 aromatic rings. The van der Waals surface area contributed by atoms with Crippen molar-refractivity contribution < 1.29 is 19.1 Å². The van der Waals surface area contributed by atoms with Crippen LogP contribution < -0.4 is 0 Å². The third-order valence-electron chi connectivity index (χ3n) is 3.65. The highest BCUT2D eigenvalue weighted by Crippen LogP contribution is 2.32. The molecule has 0 saturated carbocycles. The smallest absolute Gasteiger partial charge is 0.305 e. The Bertz CT molecular complexity index is 455. The summed E-state index contributed by atoms with van der Waals surface area (Å²) in [5.41, 5.74) is 1.11. The first-order chi connectivity index (χ1) is 9.95. The standard InChI is InChI=1S/C17H24O4/c1-14(18)21-12-11-17(2,10-9-16(19)20-3)13-15-7-5-4-6-8-15/h4-8H,9-13H2,1-3H3. The van der Waals surface area contributed by atoms with Gasteiger partial charge in [-0.25, -0.2) is 0 Å². The third-order valence-corrected chi connectivity index (χ3v) is 3.65. The SMILES string of the molecule is COC(=O)CCC(C)(CCOC(C)=O)Cc1ccccc1. The van der Waals surface area contributed by atoms with Gasteiger partial charge in [-0.1, -0.05) is 37.3 Å². The molecule has 1 atom stereocenters. The van der Waals surface area contributed by atoms with E-state index in [0.29, 0.717) is 19.4 Å². The summed E-state index contributed by atoms with van der Waals surface area (Å²) in [5, 5.41) is 0. The molecule has 1 rings (SSSR count). The zero-order valence-corrected chi connectivity index (χ0v) is 13.1. The Morgan fingerprint density at radius 1 is 1.14 bits per heavy atom. The monoisotopic (exact) mass is 292 g/mol. The minimum absolute atomic E-state index is 0.106. The average molecular weight is 292 g/mol. The summed E-state index contributed by atoms with van der Waals surface area (Å²) in [6, 6.07) is 10.1. The van der Waals surface area contributed by atoms with Crippen molar-refractivity contribution >= 4 is 11.9 Å². The first kappa shape index (κ1) is 17.2. The summed E-state index contributed by atoms with van der Waals surface area (Å²) < 4.78 is 9.77. The van der Waals surface area contributed by atoms with Crippen LogP contribution >= 0.6 is 0 Å². The zero-order chi connectivity index (χ0) is 15.7.